The van der Waals surface area contributed by atoms with E-state index in [-0.39, 0.29) is 6.61 Å². The summed E-state index contributed by atoms with van der Waals surface area (Å²) >= 11 is 0. The van der Waals surface area contributed by atoms with Crippen molar-refractivity contribution in [1.29, 1.82) is 0 Å². The summed E-state index contributed by atoms with van der Waals surface area (Å²) in [5.41, 5.74) is 3.99. The van der Waals surface area contributed by atoms with Crippen LogP contribution >= 0.6 is 0 Å². The molecule has 142 valence electrons. The van der Waals surface area contributed by atoms with Gasteiger partial charge in [0.2, 0.25) is 0 Å². The van der Waals surface area contributed by atoms with Gasteiger partial charge in [0.1, 0.15) is 18.1 Å². The molecule has 0 saturated carbocycles. The number of esters is 1. The Morgan fingerprint density at radius 2 is 1.57 bits per heavy atom. The first-order valence-electron chi connectivity index (χ1n) is 8.91. The molecular weight excluding hydrogens is 352 g/mol. The molecule has 4 heteroatoms. The molecule has 0 spiro atoms. The van der Waals surface area contributed by atoms with Crippen molar-refractivity contribution in [3.63, 3.8) is 0 Å². The minimum atomic E-state index is -0.412. The van der Waals surface area contributed by atoms with Crippen molar-refractivity contribution in [2.45, 2.75) is 6.61 Å². The van der Waals surface area contributed by atoms with Gasteiger partial charge in [-0.25, -0.2) is 4.79 Å². The molecule has 3 aromatic rings. The van der Waals surface area contributed by atoms with E-state index in [0.29, 0.717) is 11.5 Å². The first-order valence-corrected chi connectivity index (χ1v) is 8.91. The lowest BCUT2D eigenvalue weighted by molar-refractivity contribution is -0.138. The lowest BCUT2D eigenvalue weighted by Gasteiger charge is -2.07. The molecule has 0 aliphatic carbocycles. The second kappa shape index (κ2) is 9.42. The second-order valence-corrected chi connectivity index (χ2v) is 6.11. The summed E-state index contributed by atoms with van der Waals surface area (Å²) in [4.78, 5) is 12.0. The molecule has 0 saturated heterocycles. The normalized spacial score (nSPS) is 10.6. The first kappa shape index (κ1) is 19.2. The summed E-state index contributed by atoms with van der Waals surface area (Å²) < 4.78 is 15.8. The van der Waals surface area contributed by atoms with Gasteiger partial charge < -0.3 is 14.2 Å². The van der Waals surface area contributed by atoms with E-state index in [1.807, 2.05) is 54.6 Å². The molecule has 3 aromatic carbocycles. The summed E-state index contributed by atoms with van der Waals surface area (Å²) in [6.07, 6.45) is 3.06. The van der Waals surface area contributed by atoms with Crippen molar-refractivity contribution >= 4 is 12.0 Å². The Bertz CT molecular complexity index is 944. The van der Waals surface area contributed by atoms with E-state index in [2.05, 4.69) is 12.1 Å². The largest absolute Gasteiger partial charge is 0.497 e. The highest BCUT2D eigenvalue weighted by Gasteiger charge is 2.04. The molecule has 3 rings (SSSR count). The van der Waals surface area contributed by atoms with E-state index < -0.39 is 5.97 Å². The topological polar surface area (TPSA) is 44.8 Å². The minimum absolute atomic E-state index is 0.220. The van der Waals surface area contributed by atoms with Crippen molar-refractivity contribution in [2.24, 2.45) is 0 Å². The van der Waals surface area contributed by atoms with Crippen molar-refractivity contribution < 1.29 is 19.0 Å². The molecule has 0 aliphatic heterocycles. The van der Waals surface area contributed by atoms with Crippen molar-refractivity contribution in [2.75, 3.05) is 14.2 Å². The Hall–Kier alpha value is -3.53. The van der Waals surface area contributed by atoms with E-state index in [1.54, 1.807) is 26.4 Å². The fourth-order valence-corrected chi connectivity index (χ4v) is 2.74. The summed E-state index contributed by atoms with van der Waals surface area (Å²) in [6.45, 7) is 0.220. The summed E-state index contributed by atoms with van der Waals surface area (Å²) in [7, 11) is 3.16. The summed E-state index contributed by atoms with van der Waals surface area (Å²) in [5, 5.41) is 0. The first-order chi connectivity index (χ1) is 13.7. The van der Waals surface area contributed by atoms with Crippen LogP contribution in [0.1, 0.15) is 11.1 Å². The van der Waals surface area contributed by atoms with Crippen LogP contribution in [0, 0.1) is 0 Å². The van der Waals surface area contributed by atoms with Gasteiger partial charge in [-0.1, -0.05) is 54.6 Å². The van der Waals surface area contributed by atoms with E-state index in [1.165, 1.54) is 6.08 Å². The second-order valence-electron chi connectivity index (χ2n) is 6.11. The van der Waals surface area contributed by atoms with Gasteiger partial charge in [0.15, 0.2) is 0 Å². The Morgan fingerprint density at radius 1 is 0.857 bits per heavy atom. The van der Waals surface area contributed by atoms with E-state index in [9.17, 15) is 4.79 Å². The Labute approximate surface area is 165 Å². The third-order valence-corrected chi connectivity index (χ3v) is 4.28. The lowest BCUT2D eigenvalue weighted by atomic mass is 10.0. The molecule has 0 fully saturated rings. The zero-order valence-electron chi connectivity index (χ0n) is 15.9. The smallest absolute Gasteiger partial charge is 0.331 e. The van der Waals surface area contributed by atoms with Crippen LogP contribution < -0.4 is 9.47 Å². The third kappa shape index (κ3) is 5.01. The Morgan fingerprint density at radius 3 is 2.25 bits per heavy atom. The Balaban J connectivity index is 1.58. The highest BCUT2D eigenvalue weighted by Crippen LogP contribution is 2.25. The minimum Gasteiger partial charge on any atom is -0.497 e. The fourth-order valence-electron chi connectivity index (χ4n) is 2.74. The predicted octanol–water partition coefficient (Wildman–Crippen LogP) is 5.13. The van der Waals surface area contributed by atoms with Gasteiger partial charge in [-0.3, -0.25) is 0 Å². The van der Waals surface area contributed by atoms with Crippen LogP contribution in [0.25, 0.3) is 17.2 Å². The SMILES string of the molecule is COc1ccc(/C=C/C(=O)OCc2ccc(-c3ccccc3)cc2)c(OC)c1. The maximum absolute atomic E-state index is 12.0. The molecule has 0 atom stereocenters. The van der Waals surface area contributed by atoms with Crippen molar-refractivity contribution in [3.05, 3.63) is 90.0 Å². The fraction of sp³-hybridized carbons (Fsp3) is 0.125. The van der Waals surface area contributed by atoms with Gasteiger partial charge >= 0.3 is 5.97 Å². The van der Waals surface area contributed by atoms with Crippen LogP contribution in [0.5, 0.6) is 11.5 Å². The van der Waals surface area contributed by atoms with Crippen molar-refractivity contribution in [1.82, 2.24) is 0 Å². The lowest BCUT2D eigenvalue weighted by Crippen LogP contribution is -2.00. The van der Waals surface area contributed by atoms with Crippen LogP contribution in [0.2, 0.25) is 0 Å². The maximum atomic E-state index is 12.0. The zero-order valence-corrected chi connectivity index (χ0v) is 15.9. The average Bonchev–Trinajstić information content (AvgIpc) is 2.77. The standard InChI is InChI=1S/C24H22O4/c1-26-22-14-12-21(23(16-22)27-2)13-15-24(25)28-17-18-8-10-20(11-9-18)19-6-4-3-5-7-19/h3-16H,17H2,1-2H3/b15-13+. The number of methoxy groups -OCH3 is 2. The molecule has 0 aromatic heterocycles. The van der Waals surface area contributed by atoms with E-state index >= 15 is 0 Å². The number of hydrogen-bond donors (Lipinski definition) is 0. The van der Waals surface area contributed by atoms with E-state index in [0.717, 1.165) is 22.3 Å². The average molecular weight is 374 g/mol. The highest BCUT2D eigenvalue weighted by molar-refractivity contribution is 5.87. The van der Waals surface area contributed by atoms with Gasteiger partial charge in [0, 0.05) is 17.7 Å². The van der Waals surface area contributed by atoms with Gasteiger partial charge in [-0.15, -0.1) is 0 Å². The quantitative estimate of drug-likeness (QED) is 0.425. The van der Waals surface area contributed by atoms with Crippen LogP contribution in [0.3, 0.4) is 0 Å². The molecular formula is C24H22O4. The summed E-state index contributed by atoms with van der Waals surface area (Å²) in [6, 6.07) is 23.5. The number of ether oxygens (including phenoxy) is 3. The molecule has 0 unspecified atom stereocenters. The van der Waals surface area contributed by atoms with E-state index in [4.69, 9.17) is 14.2 Å². The van der Waals surface area contributed by atoms with Crippen LogP contribution in [0.15, 0.2) is 78.9 Å². The maximum Gasteiger partial charge on any atom is 0.331 e. The van der Waals surface area contributed by atoms with Gasteiger partial charge in [-0.2, -0.15) is 0 Å². The molecule has 0 N–H and O–H groups in total. The number of benzene rings is 3. The van der Waals surface area contributed by atoms with Crippen LogP contribution in [-0.4, -0.2) is 20.2 Å². The number of carbonyl (C=O) groups is 1. The molecule has 0 bridgehead atoms. The molecule has 28 heavy (non-hydrogen) atoms. The molecule has 0 aliphatic rings. The van der Waals surface area contributed by atoms with Crippen molar-refractivity contribution in [3.8, 4) is 22.6 Å². The number of carbonyl (C=O) groups excluding carboxylic acids is 1. The highest BCUT2D eigenvalue weighted by atomic mass is 16.5. The zero-order chi connectivity index (χ0) is 19.8. The van der Waals surface area contributed by atoms with Gasteiger partial charge in [-0.05, 0) is 34.9 Å². The molecule has 4 nitrogen and oxygen atoms in total. The van der Waals surface area contributed by atoms with Gasteiger partial charge in [0.05, 0.1) is 14.2 Å². The summed E-state index contributed by atoms with van der Waals surface area (Å²) in [5.74, 6) is 0.903. The number of rotatable bonds is 7. The van der Waals surface area contributed by atoms with Gasteiger partial charge in [0.25, 0.3) is 0 Å². The molecule has 0 radical (unpaired) electrons. The van der Waals surface area contributed by atoms with Crippen LogP contribution in [-0.2, 0) is 16.1 Å². The predicted molar refractivity (Wildman–Crippen MR) is 110 cm³/mol. The number of hydrogen-bond acceptors (Lipinski definition) is 4. The molecule has 0 heterocycles. The third-order valence-electron chi connectivity index (χ3n) is 4.28. The molecule has 0 amide bonds. The van der Waals surface area contributed by atoms with Crippen LogP contribution in [0.4, 0.5) is 0 Å². The Kier molecular flexibility index (Phi) is 6.47. The monoisotopic (exact) mass is 374 g/mol.